The SMILES string of the molecule is COc1ccccc1Oc1c(C)oc2c3c(ccc2c1=O)OCN(CCc1ccc(Cl)cc1)C3. The van der Waals surface area contributed by atoms with Gasteiger partial charge < -0.3 is 18.6 Å². The maximum atomic E-state index is 13.4. The van der Waals surface area contributed by atoms with Crippen LogP contribution in [-0.4, -0.2) is 25.3 Å². The van der Waals surface area contributed by atoms with Gasteiger partial charge in [0.05, 0.1) is 18.1 Å². The number of halogens is 1. The number of ether oxygens (including phenoxy) is 3. The second-order valence-electron chi connectivity index (χ2n) is 8.19. The molecule has 1 aliphatic heterocycles. The molecule has 6 nitrogen and oxygen atoms in total. The summed E-state index contributed by atoms with van der Waals surface area (Å²) >= 11 is 5.99. The van der Waals surface area contributed by atoms with E-state index in [4.69, 9.17) is 30.2 Å². The summed E-state index contributed by atoms with van der Waals surface area (Å²) in [4.78, 5) is 15.6. The van der Waals surface area contributed by atoms with Gasteiger partial charge in [0, 0.05) is 18.1 Å². The third-order valence-corrected chi connectivity index (χ3v) is 6.19. The Morgan fingerprint density at radius 1 is 1.03 bits per heavy atom. The predicted octanol–water partition coefficient (Wildman–Crippen LogP) is 5.95. The van der Waals surface area contributed by atoms with Crippen molar-refractivity contribution in [2.24, 2.45) is 0 Å². The molecule has 0 atom stereocenters. The first-order valence-electron chi connectivity index (χ1n) is 11.0. The molecule has 4 aromatic rings. The van der Waals surface area contributed by atoms with E-state index < -0.39 is 0 Å². The van der Waals surface area contributed by atoms with Crippen molar-refractivity contribution in [2.75, 3.05) is 20.4 Å². The predicted molar refractivity (Wildman–Crippen MR) is 131 cm³/mol. The van der Waals surface area contributed by atoms with E-state index in [1.807, 2.05) is 42.5 Å². The van der Waals surface area contributed by atoms with E-state index in [0.29, 0.717) is 41.5 Å². The molecule has 0 spiro atoms. The van der Waals surface area contributed by atoms with Gasteiger partial charge in [-0.05, 0) is 55.3 Å². The summed E-state index contributed by atoms with van der Waals surface area (Å²) in [6, 6.07) is 18.6. The average molecular weight is 478 g/mol. The van der Waals surface area contributed by atoms with Gasteiger partial charge in [-0.1, -0.05) is 35.9 Å². The molecule has 0 saturated carbocycles. The molecule has 174 valence electrons. The second kappa shape index (κ2) is 9.41. The smallest absolute Gasteiger partial charge is 0.235 e. The first-order chi connectivity index (χ1) is 16.5. The van der Waals surface area contributed by atoms with Crippen LogP contribution in [0.3, 0.4) is 0 Å². The molecular weight excluding hydrogens is 454 g/mol. The van der Waals surface area contributed by atoms with Gasteiger partial charge in [0.25, 0.3) is 0 Å². The van der Waals surface area contributed by atoms with Crippen LogP contribution in [-0.2, 0) is 13.0 Å². The number of nitrogens with zero attached hydrogens (tertiary/aromatic N) is 1. The van der Waals surface area contributed by atoms with Gasteiger partial charge in [-0.25, -0.2) is 0 Å². The maximum Gasteiger partial charge on any atom is 0.235 e. The molecule has 0 fully saturated rings. The number of fused-ring (bicyclic) bond motifs is 3. The summed E-state index contributed by atoms with van der Waals surface area (Å²) in [7, 11) is 1.56. The third-order valence-electron chi connectivity index (χ3n) is 5.94. The van der Waals surface area contributed by atoms with Crippen LogP contribution >= 0.6 is 11.6 Å². The van der Waals surface area contributed by atoms with Gasteiger partial charge in [0.1, 0.15) is 23.8 Å². The van der Waals surface area contributed by atoms with Crippen molar-refractivity contribution in [1.29, 1.82) is 0 Å². The standard InChI is InChI=1S/C27H24ClNO5/c1-17-26(34-24-6-4-3-5-23(24)31-2)25(30)20-11-12-22-21(27(20)33-17)15-29(16-32-22)14-13-18-7-9-19(28)10-8-18/h3-12H,13-16H2,1-2H3. The molecular formula is C27H24ClNO5. The maximum absolute atomic E-state index is 13.4. The van der Waals surface area contributed by atoms with Crippen molar-refractivity contribution in [3.05, 3.63) is 92.8 Å². The third kappa shape index (κ3) is 4.34. The van der Waals surface area contributed by atoms with E-state index in [9.17, 15) is 4.79 Å². The molecule has 3 aromatic carbocycles. The van der Waals surface area contributed by atoms with Crippen LogP contribution in [0.1, 0.15) is 16.9 Å². The molecule has 0 bridgehead atoms. The van der Waals surface area contributed by atoms with Crippen LogP contribution in [0.2, 0.25) is 5.02 Å². The van der Waals surface area contributed by atoms with Crippen LogP contribution in [0, 0.1) is 6.92 Å². The number of aryl methyl sites for hydroxylation is 1. The lowest BCUT2D eigenvalue weighted by molar-refractivity contribution is 0.0968. The lowest BCUT2D eigenvalue weighted by Crippen LogP contribution is -2.33. The zero-order valence-corrected chi connectivity index (χ0v) is 19.7. The van der Waals surface area contributed by atoms with Crippen LogP contribution in [0.15, 0.2) is 69.9 Å². The minimum absolute atomic E-state index is 0.147. The van der Waals surface area contributed by atoms with Crippen LogP contribution < -0.4 is 19.6 Å². The quantitative estimate of drug-likeness (QED) is 0.342. The summed E-state index contributed by atoms with van der Waals surface area (Å²) in [5.74, 6) is 2.27. The molecule has 2 heterocycles. The van der Waals surface area contributed by atoms with Crippen LogP contribution in [0.4, 0.5) is 0 Å². The normalized spacial score (nSPS) is 13.4. The number of benzene rings is 3. The van der Waals surface area contributed by atoms with E-state index in [1.54, 1.807) is 32.2 Å². The molecule has 0 radical (unpaired) electrons. The Balaban J connectivity index is 1.44. The molecule has 0 aliphatic carbocycles. The number of methoxy groups -OCH3 is 1. The summed E-state index contributed by atoms with van der Waals surface area (Å²) < 4.78 is 23.4. The molecule has 0 amide bonds. The lowest BCUT2D eigenvalue weighted by atomic mass is 10.1. The van der Waals surface area contributed by atoms with Crippen molar-refractivity contribution in [3.63, 3.8) is 0 Å². The highest BCUT2D eigenvalue weighted by Crippen LogP contribution is 2.36. The largest absolute Gasteiger partial charge is 0.493 e. The van der Waals surface area contributed by atoms with Gasteiger partial charge in [-0.2, -0.15) is 0 Å². The zero-order valence-electron chi connectivity index (χ0n) is 19.0. The van der Waals surface area contributed by atoms with Gasteiger partial charge >= 0.3 is 0 Å². The Morgan fingerprint density at radius 3 is 2.56 bits per heavy atom. The Hall–Kier alpha value is -3.48. The first-order valence-corrected chi connectivity index (χ1v) is 11.4. The van der Waals surface area contributed by atoms with E-state index in [1.165, 1.54) is 5.56 Å². The van der Waals surface area contributed by atoms with E-state index in [0.717, 1.165) is 29.3 Å². The van der Waals surface area contributed by atoms with E-state index >= 15 is 0 Å². The fourth-order valence-electron chi connectivity index (χ4n) is 4.11. The first kappa shape index (κ1) is 22.3. The summed E-state index contributed by atoms with van der Waals surface area (Å²) in [6.45, 7) is 3.63. The van der Waals surface area contributed by atoms with E-state index in [-0.39, 0.29) is 11.2 Å². The number of rotatable bonds is 6. The molecule has 0 saturated heterocycles. The molecule has 1 aliphatic rings. The Kier molecular flexibility index (Phi) is 6.18. The molecule has 7 heteroatoms. The second-order valence-corrected chi connectivity index (χ2v) is 8.63. The number of para-hydroxylation sites is 2. The highest BCUT2D eigenvalue weighted by atomic mass is 35.5. The summed E-state index contributed by atoms with van der Waals surface area (Å²) in [5.41, 5.74) is 2.37. The Morgan fingerprint density at radius 2 is 1.79 bits per heavy atom. The molecule has 34 heavy (non-hydrogen) atoms. The molecule has 5 rings (SSSR count). The fourth-order valence-corrected chi connectivity index (χ4v) is 4.24. The topological polar surface area (TPSA) is 61.1 Å². The van der Waals surface area contributed by atoms with Crippen molar-refractivity contribution >= 4 is 22.6 Å². The summed E-state index contributed by atoms with van der Waals surface area (Å²) in [5, 5.41) is 1.18. The highest BCUT2D eigenvalue weighted by molar-refractivity contribution is 6.30. The van der Waals surface area contributed by atoms with Crippen molar-refractivity contribution in [1.82, 2.24) is 4.90 Å². The monoisotopic (exact) mass is 477 g/mol. The van der Waals surface area contributed by atoms with Crippen molar-refractivity contribution in [3.8, 4) is 23.0 Å². The fraction of sp³-hybridized carbons (Fsp3) is 0.222. The average Bonchev–Trinajstić information content (AvgIpc) is 2.86. The van der Waals surface area contributed by atoms with E-state index in [2.05, 4.69) is 4.90 Å². The van der Waals surface area contributed by atoms with Gasteiger partial charge in [0.15, 0.2) is 11.5 Å². The van der Waals surface area contributed by atoms with Crippen molar-refractivity contribution in [2.45, 2.75) is 19.9 Å². The lowest BCUT2D eigenvalue weighted by Gasteiger charge is -2.29. The van der Waals surface area contributed by atoms with Crippen LogP contribution in [0.25, 0.3) is 11.0 Å². The molecule has 0 unspecified atom stereocenters. The molecule has 0 N–H and O–H groups in total. The minimum Gasteiger partial charge on any atom is -0.493 e. The van der Waals surface area contributed by atoms with Gasteiger partial charge in [-0.3, -0.25) is 9.69 Å². The minimum atomic E-state index is -0.231. The zero-order chi connectivity index (χ0) is 23.7. The Labute approximate surface area is 202 Å². The van der Waals surface area contributed by atoms with Crippen LogP contribution in [0.5, 0.6) is 23.0 Å². The van der Waals surface area contributed by atoms with Gasteiger partial charge in [-0.15, -0.1) is 0 Å². The highest BCUT2D eigenvalue weighted by Gasteiger charge is 2.24. The molecule has 1 aromatic heterocycles. The summed E-state index contributed by atoms with van der Waals surface area (Å²) in [6.07, 6.45) is 0.862. The van der Waals surface area contributed by atoms with Gasteiger partial charge in [0.2, 0.25) is 11.2 Å². The number of hydrogen-bond donors (Lipinski definition) is 0. The Bertz CT molecular complexity index is 1400. The van der Waals surface area contributed by atoms with Crippen molar-refractivity contribution < 1.29 is 18.6 Å². The number of hydrogen-bond acceptors (Lipinski definition) is 6.